The fourth-order valence-electron chi connectivity index (χ4n) is 2.87. The van der Waals surface area contributed by atoms with Gasteiger partial charge < -0.3 is 10.6 Å². The third-order valence-electron chi connectivity index (χ3n) is 4.19. The van der Waals surface area contributed by atoms with Gasteiger partial charge in [0.25, 0.3) is 5.91 Å². The Morgan fingerprint density at radius 2 is 2.21 bits per heavy atom. The highest BCUT2D eigenvalue weighted by Crippen LogP contribution is 2.33. The molecule has 3 atom stereocenters. The first-order valence-electron chi connectivity index (χ1n) is 6.96. The van der Waals surface area contributed by atoms with Crippen molar-refractivity contribution in [2.75, 3.05) is 12.4 Å². The molecule has 1 aliphatic rings. The monoisotopic (exact) mass is 262 g/mol. The number of nitrogens with zero attached hydrogens (tertiary/aromatic N) is 2. The molecule has 0 bridgehead atoms. The predicted molar refractivity (Wildman–Crippen MR) is 75.0 cm³/mol. The standard InChI is InChI=1S/C14H22N4O/c1-4-10-5-6-11(9(10)2)18-14(19)12-7-16-8-13(15-3)17-12/h7-11H,4-6H2,1-3H3,(H,15,17)(H,18,19). The molecule has 0 spiro atoms. The first-order valence-corrected chi connectivity index (χ1v) is 6.96. The average Bonchev–Trinajstić information content (AvgIpc) is 2.79. The van der Waals surface area contributed by atoms with E-state index in [-0.39, 0.29) is 11.9 Å². The van der Waals surface area contributed by atoms with Gasteiger partial charge in [-0.05, 0) is 24.7 Å². The molecule has 5 nitrogen and oxygen atoms in total. The normalized spacial score (nSPS) is 26.2. The lowest BCUT2D eigenvalue weighted by Gasteiger charge is -2.20. The van der Waals surface area contributed by atoms with E-state index < -0.39 is 0 Å². The summed E-state index contributed by atoms with van der Waals surface area (Å²) in [6, 6.07) is 0.262. The summed E-state index contributed by atoms with van der Waals surface area (Å²) in [7, 11) is 1.76. The van der Waals surface area contributed by atoms with E-state index in [2.05, 4.69) is 34.4 Å². The van der Waals surface area contributed by atoms with Crippen LogP contribution in [0.4, 0.5) is 5.82 Å². The molecule has 3 unspecified atom stereocenters. The minimum absolute atomic E-state index is 0.127. The Kier molecular flexibility index (Phi) is 4.35. The summed E-state index contributed by atoms with van der Waals surface area (Å²) in [5.74, 6) is 1.74. The van der Waals surface area contributed by atoms with Crippen molar-refractivity contribution < 1.29 is 4.79 Å². The zero-order valence-corrected chi connectivity index (χ0v) is 11.8. The van der Waals surface area contributed by atoms with Gasteiger partial charge in [0.2, 0.25) is 0 Å². The van der Waals surface area contributed by atoms with Crippen LogP contribution in [0.2, 0.25) is 0 Å². The van der Waals surface area contributed by atoms with Gasteiger partial charge >= 0.3 is 0 Å². The smallest absolute Gasteiger partial charge is 0.271 e. The van der Waals surface area contributed by atoms with Crippen LogP contribution in [0, 0.1) is 11.8 Å². The molecule has 0 aromatic carbocycles. The molecule has 1 fully saturated rings. The number of anilines is 1. The van der Waals surface area contributed by atoms with E-state index >= 15 is 0 Å². The van der Waals surface area contributed by atoms with Gasteiger partial charge in [-0.1, -0.05) is 20.3 Å². The molecule has 0 aliphatic heterocycles. The zero-order chi connectivity index (χ0) is 13.8. The van der Waals surface area contributed by atoms with E-state index in [9.17, 15) is 4.79 Å². The summed E-state index contributed by atoms with van der Waals surface area (Å²) in [6.45, 7) is 4.44. The number of rotatable bonds is 4. The number of carbonyl (C=O) groups excluding carboxylic acids is 1. The maximum absolute atomic E-state index is 12.2. The quantitative estimate of drug-likeness (QED) is 0.871. The second-order valence-corrected chi connectivity index (χ2v) is 5.22. The summed E-state index contributed by atoms with van der Waals surface area (Å²) >= 11 is 0. The topological polar surface area (TPSA) is 66.9 Å². The van der Waals surface area contributed by atoms with Crippen LogP contribution in [0.5, 0.6) is 0 Å². The predicted octanol–water partition coefficient (Wildman–Crippen LogP) is 2.07. The summed E-state index contributed by atoms with van der Waals surface area (Å²) in [5, 5.41) is 5.98. The molecule has 1 saturated carbocycles. The first kappa shape index (κ1) is 13.8. The molecular weight excluding hydrogens is 240 g/mol. The molecule has 1 amide bonds. The molecule has 0 saturated heterocycles. The molecule has 19 heavy (non-hydrogen) atoms. The van der Waals surface area contributed by atoms with Crippen molar-refractivity contribution in [2.24, 2.45) is 11.8 Å². The van der Waals surface area contributed by atoms with Crippen molar-refractivity contribution in [3.8, 4) is 0 Å². The molecule has 104 valence electrons. The number of hydrogen-bond donors (Lipinski definition) is 2. The maximum Gasteiger partial charge on any atom is 0.271 e. The van der Waals surface area contributed by atoms with Crippen molar-refractivity contribution >= 4 is 11.7 Å². The summed E-state index contributed by atoms with van der Waals surface area (Å²) < 4.78 is 0. The Morgan fingerprint density at radius 3 is 2.84 bits per heavy atom. The summed E-state index contributed by atoms with van der Waals surface area (Å²) in [5.41, 5.74) is 0.374. The van der Waals surface area contributed by atoms with E-state index in [4.69, 9.17) is 0 Å². The van der Waals surface area contributed by atoms with E-state index in [1.165, 1.54) is 19.0 Å². The second kappa shape index (κ2) is 5.99. The van der Waals surface area contributed by atoms with Crippen molar-refractivity contribution in [3.05, 3.63) is 18.1 Å². The third-order valence-corrected chi connectivity index (χ3v) is 4.19. The zero-order valence-electron chi connectivity index (χ0n) is 11.8. The van der Waals surface area contributed by atoms with Gasteiger partial charge in [0.1, 0.15) is 11.5 Å². The molecule has 5 heteroatoms. The van der Waals surface area contributed by atoms with Gasteiger partial charge in [-0.2, -0.15) is 0 Å². The molecular formula is C14H22N4O. The maximum atomic E-state index is 12.2. The van der Waals surface area contributed by atoms with Crippen molar-refractivity contribution in [1.29, 1.82) is 0 Å². The highest BCUT2D eigenvalue weighted by Gasteiger charge is 2.32. The van der Waals surface area contributed by atoms with E-state index in [1.807, 2.05) is 0 Å². The number of aromatic nitrogens is 2. The summed E-state index contributed by atoms with van der Waals surface area (Å²) in [4.78, 5) is 20.4. The molecule has 0 radical (unpaired) electrons. The van der Waals surface area contributed by atoms with Gasteiger partial charge in [0, 0.05) is 13.1 Å². The molecule has 1 heterocycles. The highest BCUT2D eigenvalue weighted by atomic mass is 16.2. The van der Waals surface area contributed by atoms with Crippen LogP contribution in [0.15, 0.2) is 12.4 Å². The Hall–Kier alpha value is -1.65. The number of nitrogens with one attached hydrogen (secondary N) is 2. The second-order valence-electron chi connectivity index (χ2n) is 5.22. The van der Waals surface area contributed by atoms with E-state index in [0.717, 1.165) is 12.3 Å². The van der Waals surface area contributed by atoms with Gasteiger partial charge in [-0.15, -0.1) is 0 Å². The largest absolute Gasteiger partial charge is 0.372 e. The van der Waals surface area contributed by atoms with Crippen molar-refractivity contribution in [2.45, 2.75) is 39.2 Å². The van der Waals surface area contributed by atoms with Gasteiger partial charge in [0.05, 0.1) is 12.4 Å². The van der Waals surface area contributed by atoms with Crippen LogP contribution in [-0.4, -0.2) is 29.0 Å². The Balaban J connectivity index is 2.01. The Morgan fingerprint density at radius 1 is 1.42 bits per heavy atom. The van der Waals surface area contributed by atoms with Crippen molar-refractivity contribution in [3.63, 3.8) is 0 Å². The van der Waals surface area contributed by atoms with Gasteiger partial charge in [0.15, 0.2) is 0 Å². The van der Waals surface area contributed by atoms with Crippen LogP contribution in [0.25, 0.3) is 0 Å². The Labute approximate surface area is 114 Å². The van der Waals surface area contributed by atoms with Crippen LogP contribution >= 0.6 is 0 Å². The van der Waals surface area contributed by atoms with Crippen LogP contribution in [-0.2, 0) is 0 Å². The summed E-state index contributed by atoms with van der Waals surface area (Å²) in [6.07, 6.45) is 6.55. The minimum atomic E-state index is -0.127. The lowest BCUT2D eigenvalue weighted by molar-refractivity contribution is 0.0921. The van der Waals surface area contributed by atoms with Crippen LogP contribution < -0.4 is 10.6 Å². The lowest BCUT2D eigenvalue weighted by atomic mass is 9.93. The fraction of sp³-hybridized carbons (Fsp3) is 0.643. The SMILES string of the molecule is CCC1CCC(NC(=O)c2cncc(NC)n2)C1C. The van der Waals surface area contributed by atoms with Crippen LogP contribution in [0.3, 0.4) is 0 Å². The van der Waals surface area contributed by atoms with Gasteiger partial charge in [-0.3, -0.25) is 9.78 Å². The highest BCUT2D eigenvalue weighted by molar-refractivity contribution is 5.92. The van der Waals surface area contributed by atoms with Gasteiger partial charge in [-0.25, -0.2) is 4.98 Å². The molecule has 2 rings (SSSR count). The number of carbonyl (C=O) groups is 1. The Bertz CT molecular complexity index is 449. The first-order chi connectivity index (χ1) is 9.15. The van der Waals surface area contributed by atoms with Crippen LogP contribution in [0.1, 0.15) is 43.6 Å². The lowest BCUT2D eigenvalue weighted by Crippen LogP contribution is -2.38. The molecule has 1 aromatic heterocycles. The number of amides is 1. The van der Waals surface area contributed by atoms with Crippen molar-refractivity contribution in [1.82, 2.24) is 15.3 Å². The third kappa shape index (κ3) is 3.03. The van der Waals surface area contributed by atoms with E-state index in [1.54, 1.807) is 13.2 Å². The number of hydrogen-bond acceptors (Lipinski definition) is 4. The molecule has 2 N–H and O–H groups in total. The molecule has 1 aliphatic carbocycles. The fourth-order valence-corrected chi connectivity index (χ4v) is 2.87. The molecule has 1 aromatic rings. The average molecular weight is 262 g/mol. The van der Waals surface area contributed by atoms with E-state index in [0.29, 0.717) is 17.4 Å². The minimum Gasteiger partial charge on any atom is -0.372 e.